The second kappa shape index (κ2) is 5.60. The molecule has 0 aromatic carbocycles. The van der Waals surface area contributed by atoms with Crippen molar-refractivity contribution in [2.45, 2.75) is 25.4 Å². The zero-order chi connectivity index (χ0) is 14.8. The molecule has 3 rings (SSSR count). The summed E-state index contributed by atoms with van der Waals surface area (Å²) in [4.78, 5) is 24.9. The number of tetrazole rings is 1. The maximum atomic E-state index is 11.9. The molecule has 1 atom stereocenters. The first-order valence-electron chi connectivity index (χ1n) is 6.47. The van der Waals surface area contributed by atoms with Gasteiger partial charge in [-0.1, -0.05) is 6.07 Å². The third-order valence-electron chi connectivity index (χ3n) is 3.16. The lowest BCUT2D eigenvalue weighted by atomic mass is 10.2. The number of nitrogens with one attached hydrogen (secondary N) is 1. The summed E-state index contributed by atoms with van der Waals surface area (Å²) in [5.41, 5.74) is 0. The zero-order valence-corrected chi connectivity index (χ0v) is 11.8. The monoisotopic (exact) mass is 307 g/mol. The van der Waals surface area contributed by atoms with Crippen LogP contribution in [0, 0.1) is 5.92 Å². The standard InChI is InChI=1S/C12H13N5O3S/c18-9(13-10(12(19)20)7-3-4-7)6-17-15-11(14-16-17)8-2-1-5-21-8/h1-2,5,7,10H,3-4,6H2,(H,13,18)(H,19,20). The second-order valence-electron chi connectivity index (χ2n) is 4.84. The third kappa shape index (κ3) is 3.24. The first kappa shape index (κ1) is 13.7. The molecular formula is C12H13N5O3S. The molecule has 2 N–H and O–H groups in total. The van der Waals surface area contributed by atoms with Crippen molar-refractivity contribution in [1.82, 2.24) is 25.5 Å². The predicted molar refractivity (Wildman–Crippen MR) is 73.4 cm³/mol. The topological polar surface area (TPSA) is 110 Å². The molecule has 0 aliphatic heterocycles. The Kier molecular flexibility index (Phi) is 3.65. The second-order valence-corrected chi connectivity index (χ2v) is 5.79. The lowest BCUT2D eigenvalue weighted by Crippen LogP contribution is -2.43. The maximum absolute atomic E-state index is 11.9. The van der Waals surface area contributed by atoms with Crippen molar-refractivity contribution < 1.29 is 14.7 Å². The van der Waals surface area contributed by atoms with Crippen LogP contribution < -0.4 is 5.32 Å². The Labute approximate surface area is 123 Å². The molecule has 1 fully saturated rings. The van der Waals surface area contributed by atoms with Crippen molar-refractivity contribution in [3.05, 3.63) is 17.5 Å². The molecule has 1 aliphatic carbocycles. The highest BCUT2D eigenvalue weighted by molar-refractivity contribution is 7.13. The number of nitrogens with zero attached hydrogens (tertiary/aromatic N) is 4. The van der Waals surface area contributed by atoms with Crippen LogP contribution in [-0.2, 0) is 16.1 Å². The third-order valence-corrected chi connectivity index (χ3v) is 4.02. The van der Waals surface area contributed by atoms with Crippen molar-refractivity contribution in [3.63, 3.8) is 0 Å². The largest absolute Gasteiger partial charge is 0.480 e. The molecule has 110 valence electrons. The Bertz CT molecular complexity index is 650. The van der Waals surface area contributed by atoms with Crippen molar-refractivity contribution in [2.24, 2.45) is 5.92 Å². The van der Waals surface area contributed by atoms with E-state index in [9.17, 15) is 9.59 Å². The van der Waals surface area contributed by atoms with Gasteiger partial charge in [0.15, 0.2) is 0 Å². The summed E-state index contributed by atoms with van der Waals surface area (Å²) < 4.78 is 0. The van der Waals surface area contributed by atoms with Crippen molar-refractivity contribution >= 4 is 23.2 Å². The molecule has 1 amide bonds. The SMILES string of the molecule is O=C(Cn1nnc(-c2cccs2)n1)NC(C(=O)O)C1CC1. The number of carboxylic acid groups (broad SMARTS) is 1. The number of carboxylic acids is 1. The minimum Gasteiger partial charge on any atom is -0.480 e. The summed E-state index contributed by atoms with van der Waals surface area (Å²) in [6, 6.07) is 2.91. The van der Waals surface area contributed by atoms with Crippen LogP contribution in [0.2, 0.25) is 0 Å². The van der Waals surface area contributed by atoms with Crippen molar-refractivity contribution in [1.29, 1.82) is 0 Å². The van der Waals surface area contributed by atoms with E-state index in [1.165, 1.54) is 11.3 Å². The van der Waals surface area contributed by atoms with Gasteiger partial charge in [0, 0.05) is 0 Å². The molecule has 8 nitrogen and oxygen atoms in total. The molecule has 2 aromatic rings. The quantitative estimate of drug-likeness (QED) is 0.798. The van der Waals surface area contributed by atoms with Crippen LogP contribution in [0.25, 0.3) is 10.7 Å². The van der Waals surface area contributed by atoms with Gasteiger partial charge in [0.2, 0.25) is 11.7 Å². The number of thiophene rings is 1. The molecule has 0 saturated heterocycles. The number of hydrogen-bond acceptors (Lipinski definition) is 6. The molecule has 0 bridgehead atoms. The van der Waals surface area contributed by atoms with Gasteiger partial charge in [-0.05, 0) is 35.4 Å². The van der Waals surface area contributed by atoms with Gasteiger partial charge in [0.05, 0.1) is 4.88 Å². The molecule has 21 heavy (non-hydrogen) atoms. The lowest BCUT2D eigenvalue weighted by Gasteiger charge is -2.12. The van der Waals surface area contributed by atoms with E-state index in [2.05, 4.69) is 20.7 Å². The molecule has 1 unspecified atom stereocenters. The van der Waals surface area contributed by atoms with Gasteiger partial charge in [-0.25, -0.2) is 4.79 Å². The number of carbonyl (C=O) groups excluding carboxylic acids is 1. The van der Waals surface area contributed by atoms with E-state index < -0.39 is 17.9 Å². The Morgan fingerprint density at radius 1 is 1.52 bits per heavy atom. The molecule has 2 heterocycles. The number of amides is 1. The van der Waals surface area contributed by atoms with Gasteiger partial charge < -0.3 is 10.4 Å². The van der Waals surface area contributed by atoms with Gasteiger partial charge in [0.25, 0.3) is 0 Å². The summed E-state index contributed by atoms with van der Waals surface area (Å²) in [6.45, 7) is -0.144. The fourth-order valence-electron chi connectivity index (χ4n) is 1.97. The maximum Gasteiger partial charge on any atom is 0.326 e. The van der Waals surface area contributed by atoms with Gasteiger partial charge in [0.1, 0.15) is 12.6 Å². The number of aliphatic carboxylic acids is 1. The highest BCUT2D eigenvalue weighted by Crippen LogP contribution is 2.32. The summed E-state index contributed by atoms with van der Waals surface area (Å²) in [6.07, 6.45) is 1.67. The van der Waals surface area contributed by atoms with Crippen LogP contribution >= 0.6 is 11.3 Å². The Balaban J connectivity index is 1.61. The van der Waals surface area contributed by atoms with Crippen LogP contribution in [0.1, 0.15) is 12.8 Å². The van der Waals surface area contributed by atoms with Crippen molar-refractivity contribution in [3.8, 4) is 10.7 Å². The van der Waals surface area contributed by atoms with E-state index in [4.69, 9.17) is 5.11 Å². The molecule has 2 aromatic heterocycles. The average molecular weight is 307 g/mol. The van der Waals surface area contributed by atoms with Crippen LogP contribution in [0.15, 0.2) is 17.5 Å². The zero-order valence-electron chi connectivity index (χ0n) is 11.0. The normalized spacial score (nSPS) is 15.6. The average Bonchev–Trinajstić information content (AvgIpc) is 2.94. The Morgan fingerprint density at radius 3 is 2.95 bits per heavy atom. The van der Waals surface area contributed by atoms with Gasteiger partial charge >= 0.3 is 5.97 Å². The van der Waals surface area contributed by atoms with Gasteiger partial charge in [-0.2, -0.15) is 4.80 Å². The van der Waals surface area contributed by atoms with Crippen LogP contribution in [0.5, 0.6) is 0 Å². The summed E-state index contributed by atoms with van der Waals surface area (Å²) >= 11 is 1.48. The van der Waals surface area contributed by atoms with Crippen LogP contribution in [0.4, 0.5) is 0 Å². The fourth-order valence-corrected chi connectivity index (χ4v) is 2.62. The summed E-state index contributed by atoms with van der Waals surface area (Å²) in [5, 5.41) is 25.2. The lowest BCUT2D eigenvalue weighted by molar-refractivity contribution is -0.142. The minimum atomic E-state index is -1.00. The molecular weight excluding hydrogens is 294 g/mol. The highest BCUT2D eigenvalue weighted by atomic mass is 32.1. The fraction of sp³-hybridized carbons (Fsp3) is 0.417. The van der Waals surface area contributed by atoms with E-state index in [-0.39, 0.29) is 12.5 Å². The molecule has 0 radical (unpaired) electrons. The molecule has 1 saturated carbocycles. The highest BCUT2D eigenvalue weighted by Gasteiger charge is 2.37. The molecule has 9 heteroatoms. The van der Waals surface area contributed by atoms with Gasteiger partial charge in [-0.15, -0.1) is 21.5 Å². The predicted octanol–water partition coefficient (Wildman–Crippen LogP) is 0.381. The van der Waals surface area contributed by atoms with E-state index >= 15 is 0 Å². The van der Waals surface area contributed by atoms with E-state index in [1.807, 2.05) is 17.5 Å². The molecule has 1 aliphatic rings. The van der Waals surface area contributed by atoms with E-state index in [1.54, 1.807) is 0 Å². The van der Waals surface area contributed by atoms with Crippen LogP contribution in [0.3, 0.4) is 0 Å². The van der Waals surface area contributed by atoms with Crippen molar-refractivity contribution in [2.75, 3.05) is 0 Å². The van der Waals surface area contributed by atoms with Crippen LogP contribution in [-0.4, -0.2) is 43.2 Å². The Morgan fingerprint density at radius 2 is 2.33 bits per heavy atom. The van der Waals surface area contributed by atoms with Gasteiger partial charge in [-0.3, -0.25) is 4.79 Å². The first-order chi connectivity index (χ1) is 10.1. The number of rotatable bonds is 6. The smallest absolute Gasteiger partial charge is 0.326 e. The number of carbonyl (C=O) groups is 2. The minimum absolute atomic E-state index is 0.0387. The number of hydrogen-bond donors (Lipinski definition) is 2. The molecule has 0 spiro atoms. The van der Waals surface area contributed by atoms with E-state index in [0.29, 0.717) is 5.82 Å². The Hall–Kier alpha value is -2.29. The first-order valence-corrected chi connectivity index (χ1v) is 7.35. The van der Waals surface area contributed by atoms with E-state index in [0.717, 1.165) is 22.5 Å². The number of aromatic nitrogens is 4. The summed E-state index contributed by atoms with van der Waals surface area (Å²) in [5.74, 6) is -0.937. The summed E-state index contributed by atoms with van der Waals surface area (Å²) in [7, 11) is 0.